The molecule has 3 nitrogen and oxygen atoms in total. The van der Waals surface area contributed by atoms with Crippen LogP contribution >= 0.6 is 24.4 Å². The van der Waals surface area contributed by atoms with Crippen LogP contribution in [0.5, 0.6) is 0 Å². The van der Waals surface area contributed by atoms with Gasteiger partial charge in [-0.1, -0.05) is 30.7 Å². The van der Waals surface area contributed by atoms with Gasteiger partial charge in [0, 0.05) is 11.9 Å². The summed E-state index contributed by atoms with van der Waals surface area (Å²) in [5, 5.41) is 9.32. The number of pyridine rings is 1. The molecule has 0 bridgehead atoms. The second-order valence-electron chi connectivity index (χ2n) is 3.90. The van der Waals surface area contributed by atoms with E-state index in [0.717, 1.165) is 22.3 Å². The summed E-state index contributed by atoms with van der Waals surface area (Å²) >= 11 is 5.99. The summed E-state index contributed by atoms with van der Waals surface area (Å²) in [4.78, 5) is 0. The van der Waals surface area contributed by atoms with Gasteiger partial charge in [0.15, 0.2) is 10.8 Å². The van der Waals surface area contributed by atoms with Gasteiger partial charge in [-0.05, 0) is 30.7 Å². The molecule has 0 unspecified atom stereocenters. The Hall–Kier alpha value is -0.680. The van der Waals surface area contributed by atoms with Crippen LogP contribution in [0.2, 0.25) is 0 Å². The molecule has 0 spiro atoms. The number of fused-ring (bicyclic) bond motifs is 1. The van der Waals surface area contributed by atoms with Gasteiger partial charge >= 0.3 is 0 Å². The first-order valence-corrected chi connectivity index (χ1v) is 7.57. The van der Waals surface area contributed by atoms with Crippen LogP contribution in [-0.2, 0) is 0 Å². The van der Waals surface area contributed by atoms with Crippen molar-refractivity contribution in [2.45, 2.75) is 30.8 Å². The Morgan fingerprint density at radius 2 is 2.00 bits per heavy atom. The van der Waals surface area contributed by atoms with E-state index in [1.165, 1.54) is 25.7 Å². The van der Waals surface area contributed by atoms with Crippen LogP contribution in [0.15, 0.2) is 29.6 Å². The molecule has 0 amide bonds. The maximum Gasteiger partial charge on any atom is 0.195 e. The molecular formula is C12H17N3S2. The van der Waals surface area contributed by atoms with Crippen molar-refractivity contribution in [2.24, 2.45) is 0 Å². The molecule has 2 aromatic heterocycles. The van der Waals surface area contributed by atoms with Gasteiger partial charge in [0.1, 0.15) is 0 Å². The molecule has 0 aliphatic carbocycles. The Morgan fingerprint density at radius 1 is 1.12 bits per heavy atom. The first-order chi connectivity index (χ1) is 8.42. The lowest BCUT2D eigenvalue weighted by Gasteiger charge is -2.00. The number of hydrogen-bond acceptors (Lipinski definition) is 4. The van der Waals surface area contributed by atoms with E-state index in [1.54, 1.807) is 11.8 Å². The van der Waals surface area contributed by atoms with E-state index in [4.69, 9.17) is 0 Å². The first kappa shape index (κ1) is 12.8. The normalized spacial score (nSPS) is 11.1. The molecule has 2 aromatic rings. The standard InChI is InChI=1S/C12H17N3S2/c16-9-5-1-2-6-10-17-12-14-13-11-7-3-4-8-15(11)12/h3-4,7-8,16H,1-2,5-6,9-10H2. The van der Waals surface area contributed by atoms with Crippen LogP contribution in [0, 0.1) is 0 Å². The van der Waals surface area contributed by atoms with Crippen LogP contribution in [-0.4, -0.2) is 26.1 Å². The van der Waals surface area contributed by atoms with Crippen molar-refractivity contribution in [3.8, 4) is 0 Å². The summed E-state index contributed by atoms with van der Waals surface area (Å²) < 4.78 is 2.04. The van der Waals surface area contributed by atoms with Crippen LogP contribution in [0.1, 0.15) is 25.7 Å². The Morgan fingerprint density at radius 3 is 2.88 bits per heavy atom. The van der Waals surface area contributed by atoms with E-state index < -0.39 is 0 Å². The number of rotatable bonds is 7. The van der Waals surface area contributed by atoms with Crippen molar-refractivity contribution in [1.29, 1.82) is 0 Å². The Balaban J connectivity index is 1.79. The minimum atomic E-state index is 0.921. The van der Waals surface area contributed by atoms with Gasteiger partial charge in [-0.2, -0.15) is 12.6 Å². The molecule has 0 fully saturated rings. The molecule has 2 rings (SSSR count). The Bertz CT molecular complexity index is 456. The van der Waals surface area contributed by atoms with Gasteiger partial charge in [0.2, 0.25) is 0 Å². The molecule has 0 aromatic carbocycles. The fourth-order valence-electron chi connectivity index (χ4n) is 1.65. The highest BCUT2D eigenvalue weighted by Gasteiger charge is 2.03. The van der Waals surface area contributed by atoms with Crippen molar-refractivity contribution < 1.29 is 0 Å². The van der Waals surface area contributed by atoms with Crippen molar-refractivity contribution >= 4 is 30.0 Å². The predicted octanol–water partition coefficient (Wildman–Crippen LogP) is 3.31. The zero-order valence-corrected chi connectivity index (χ0v) is 11.5. The minimum Gasteiger partial charge on any atom is -0.277 e. The average Bonchev–Trinajstić information content (AvgIpc) is 2.77. The third-order valence-electron chi connectivity index (χ3n) is 2.57. The van der Waals surface area contributed by atoms with E-state index in [1.807, 2.05) is 28.8 Å². The van der Waals surface area contributed by atoms with Gasteiger partial charge in [-0.3, -0.25) is 4.40 Å². The smallest absolute Gasteiger partial charge is 0.195 e. The molecular weight excluding hydrogens is 250 g/mol. The lowest BCUT2D eigenvalue weighted by atomic mass is 10.2. The molecule has 0 N–H and O–H groups in total. The summed E-state index contributed by atoms with van der Waals surface area (Å²) in [5.74, 6) is 2.12. The molecule has 0 saturated carbocycles. The van der Waals surface area contributed by atoms with E-state index >= 15 is 0 Å². The summed E-state index contributed by atoms with van der Waals surface area (Å²) in [7, 11) is 0. The second kappa shape index (κ2) is 6.91. The van der Waals surface area contributed by atoms with Gasteiger partial charge in [-0.15, -0.1) is 10.2 Å². The van der Waals surface area contributed by atoms with E-state index in [9.17, 15) is 0 Å². The lowest BCUT2D eigenvalue weighted by Crippen LogP contribution is -1.88. The van der Waals surface area contributed by atoms with Crippen molar-refractivity contribution in [1.82, 2.24) is 14.6 Å². The fraction of sp³-hybridized carbons (Fsp3) is 0.500. The monoisotopic (exact) mass is 267 g/mol. The summed E-state index contributed by atoms with van der Waals surface area (Å²) in [6.07, 6.45) is 7.04. The van der Waals surface area contributed by atoms with E-state index in [0.29, 0.717) is 0 Å². The molecule has 0 atom stereocenters. The molecule has 0 saturated heterocycles. The van der Waals surface area contributed by atoms with Gasteiger partial charge < -0.3 is 0 Å². The highest BCUT2D eigenvalue weighted by atomic mass is 32.2. The Kier molecular flexibility index (Phi) is 5.19. The second-order valence-corrected chi connectivity index (χ2v) is 5.41. The largest absolute Gasteiger partial charge is 0.277 e. The van der Waals surface area contributed by atoms with E-state index in [2.05, 4.69) is 22.8 Å². The highest BCUT2D eigenvalue weighted by molar-refractivity contribution is 7.99. The van der Waals surface area contributed by atoms with Gasteiger partial charge in [0.05, 0.1) is 0 Å². The van der Waals surface area contributed by atoms with E-state index in [-0.39, 0.29) is 0 Å². The number of thiol groups is 1. The zero-order valence-electron chi connectivity index (χ0n) is 9.75. The van der Waals surface area contributed by atoms with Crippen LogP contribution in [0.25, 0.3) is 5.65 Å². The quantitative estimate of drug-likeness (QED) is 0.474. The molecule has 0 aliphatic heterocycles. The number of hydrogen-bond donors (Lipinski definition) is 1. The third-order valence-corrected chi connectivity index (χ3v) is 3.91. The van der Waals surface area contributed by atoms with Crippen molar-refractivity contribution in [2.75, 3.05) is 11.5 Å². The SMILES string of the molecule is SCCCCCCSc1nnc2ccccn12. The molecule has 5 heteroatoms. The molecule has 17 heavy (non-hydrogen) atoms. The molecule has 92 valence electrons. The molecule has 0 aliphatic rings. The third kappa shape index (κ3) is 3.64. The summed E-state index contributed by atoms with van der Waals surface area (Å²) in [6.45, 7) is 0. The van der Waals surface area contributed by atoms with Crippen LogP contribution in [0.3, 0.4) is 0 Å². The molecule has 0 radical (unpaired) electrons. The fourth-order valence-corrected chi connectivity index (χ4v) is 2.80. The van der Waals surface area contributed by atoms with Gasteiger partial charge in [0.25, 0.3) is 0 Å². The van der Waals surface area contributed by atoms with Crippen molar-refractivity contribution in [3.05, 3.63) is 24.4 Å². The number of nitrogens with zero attached hydrogens (tertiary/aromatic N) is 3. The number of thioether (sulfide) groups is 1. The van der Waals surface area contributed by atoms with Gasteiger partial charge in [-0.25, -0.2) is 0 Å². The maximum atomic E-state index is 4.21. The summed E-state index contributed by atoms with van der Waals surface area (Å²) in [6, 6.07) is 5.97. The number of unbranched alkanes of at least 4 members (excludes halogenated alkanes) is 3. The lowest BCUT2D eigenvalue weighted by molar-refractivity contribution is 0.711. The maximum absolute atomic E-state index is 4.21. The Labute approximate surface area is 111 Å². The van der Waals surface area contributed by atoms with Crippen LogP contribution < -0.4 is 0 Å². The highest BCUT2D eigenvalue weighted by Crippen LogP contribution is 2.18. The first-order valence-electron chi connectivity index (χ1n) is 5.95. The van der Waals surface area contributed by atoms with Crippen LogP contribution in [0.4, 0.5) is 0 Å². The minimum absolute atomic E-state index is 0.921. The molecule has 2 heterocycles. The average molecular weight is 267 g/mol. The number of aromatic nitrogens is 3. The van der Waals surface area contributed by atoms with Crippen molar-refractivity contribution in [3.63, 3.8) is 0 Å². The zero-order chi connectivity index (χ0) is 11.9. The summed E-state index contributed by atoms with van der Waals surface area (Å²) in [5.41, 5.74) is 0.921. The predicted molar refractivity (Wildman–Crippen MR) is 76.0 cm³/mol. The topological polar surface area (TPSA) is 30.2 Å².